The van der Waals surface area contributed by atoms with Crippen LogP contribution in [0.2, 0.25) is 0 Å². The number of halogens is 4. The van der Waals surface area contributed by atoms with Gasteiger partial charge < -0.3 is 0 Å². The molecule has 0 N–H and O–H groups in total. The third-order valence-electron chi connectivity index (χ3n) is 0.733. The molecule has 0 saturated heterocycles. The molecule has 0 aliphatic rings. The van der Waals surface area contributed by atoms with Gasteiger partial charge in [-0.3, -0.25) is 0 Å². The van der Waals surface area contributed by atoms with Crippen molar-refractivity contribution in [1.29, 1.82) is 0 Å². The molecule has 58 valence electrons. The van der Waals surface area contributed by atoms with Gasteiger partial charge in [-0.25, -0.2) is 0 Å². The van der Waals surface area contributed by atoms with E-state index in [-0.39, 0.29) is 0 Å². The first-order chi connectivity index (χ1) is 4.06. The Morgan fingerprint density at radius 2 is 1.89 bits per heavy atom. The normalized spacial score (nSPS) is 12.4. The number of hydrogen-bond acceptors (Lipinski definition) is 0. The third-order valence-corrected chi connectivity index (χ3v) is 2.90. The van der Waals surface area contributed by atoms with Crippen LogP contribution in [0.4, 0.5) is 13.2 Å². The predicted octanol–water partition coefficient (Wildman–Crippen LogP) is -0.605. The third kappa shape index (κ3) is 8.52. The molecule has 0 bridgehead atoms. The molecule has 0 rings (SSSR count). The summed E-state index contributed by atoms with van der Waals surface area (Å²) in [5.41, 5.74) is 0. The Hall–Kier alpha value is 0.520. The van der Waals surface area contributed by atoms with Gasteiger partial charge in [0.15, 0.2) is 0 Å². The Morgan fingerprint density at radius 1 is 1.33 bits per heavy atom. The van der Waals surface area contributed by atoms with Crippen molar-refractivity contribution < 1.29 is 34.4 Å². The van der Waals surface area contributed by atoms with Crippen LogP contribution >= 0.6 is 0 Å². The summed E-state index contributed by atoms with van der Waals surface area (Å²) in [5.74, 6) is 0. The van der Waals surface area contributed by atoms with Crippen molar-refractivity contribution >= 4 is 0 Å². The van der Waals surface area contributed by atoms with Crippen molar-refractivity contribution in [2.24, 2.45) is 0 Å². The van der Waals surface area contributed by atoms with Gasteiger partial charge >= 0.3 is 62.8 Å². The number of rotatable bonds is 3. The van der Waals surface area contributed by atoms with Crippen LogP contribution in [0.3, 0.4) is 0 Å². The van der Waals surface area contributed by atoms with Gasteiger partial charge in [-0.1, -0.05) is 0 Å². The average Bonchev–Trinajstić information content (AvgIpc) is 1.63. The van der Waals surface area contributed by atoms with Gasteiger partial charge in [0, 0.05) is 0 Å². The first-order valence-corrected chi connectivity index (χ1v) is 5.33. The molecule has 0 amide bonds. The van der Waals surface area contributed by atoms with E-state index in [1.807, 2.05) is 6.92 Å². The van der Waals surface area contributed by atoms with Crippen molar-refractivity contribution in [3.63, 3.8) is 0 Å². The molecule has 9 heavy (non-hydrogen) atoms. The zero-order valence-electron chi connectivity index (χ0n) is 5.13. The summed E-state index contributed by atoms with van der Waals surface area (Å²) >= 11 is -1.52. The fraction of sp³-hybridized carbons (Fsp3) is 1.00. The Bertz CT molecular complexity index is 69.1. The van der Waals surface area contributed by atoms with Crippen LogP contribution in [0.5, 0.6) is 0 Å². The summed E-state index contributed by atoms with van der Waals surface area (Å²) in [6.07, 6.45) is 1.60. The van der Waals surface area contributed by atoms with E-state index in [9.17, 15) is 13.2 Å². The molecule has 0 unspecified atom stereocenters. The predicted molar refractivity (Wildman–Crippen MR) is 25.8 cm³/mol. The molecular formula is C5H9F3I-. The van der Waals surface area contributed by atoms with Gasteiger partial charge in [0.2, 0.25) is 0 Å². The molecule has 0 nitrogen and oxygen atoms in total. The van der Waals surface area contributed by atoms with Gasteiger partial charge in [-0.2, -0.15) is 0 Å². The first-order valence-electron chi connectivity index (χ1n) is 2.73. The number of hydrogen-bond donors (Lipinski definition) is 0. The SMILES string of the molecule is CCCC[I-]C(F)(F)F. The molecule has 0 aromatic rings. The van der Waals surface area contributed by atoms with Crippen LogP contribution in [-0.2, 0) is 0 Å². The van der Waals surface area contributed by atoms with Crippen LogP contribution in [-0.4, -0.2) is 8.61 Å². The molecule has 0 aliphatic heterocycles. The molecule has 0 aliphatic carbocycles. The van der Waals surface area contributed by atoms with E-state index in [4.69, 9.17) is 0 Å². The van der Waals surface area contributed by atoms with Gasteiger partial charge in [0.05, 0.1) is 0 Å². The van der Waals surface area contributed by atoms with Crippen molar-refractivity contribution in [2.45, 2.75) is 23.9 Å². The quantitative estimate of drug-likeness (QED) is 0.358. The topological polar surface area (TPSA) is 0 Å². The van der Waals surface area contributed by atoms with Gasteiger partial charge in [-0.15, -0.1) is 0 Å². The fourth-order valence-corrected chi connectivity index (χ4v) is 2.06. The van der Waals surface area contributed by atoms with Crippen LogP contribution < -0.4 is 21.2 Å². The van der Waals surface area contributed by atoms with Crippen LogP contribution in [0, 0.1) is 0 Å². The zero-order chi connectivity index (χ0) is 7.33. The Balaban J connectivity index is 3.07. The van der Waals surface area contributed by atoms with Crippen molar-refractivity contribution in [3.05, 3.63) is 0 Å². The molecule has 0 aromatic heterocycles. The van der Waals surface area contributed by atoms with Crippen LogP contribution in [0.1, 0.15) is 19.8 Å². The van der Waals surface area contributed by atoms with Gasteiger partial charge in [0.25, 0.3) is 0 Å². The zero-order valence-corrected chi connectivity index (χ0v) is 7.29. The van der Waals surface area contributed by atoms with E-state index in [1.54, 1.807) is 0 Å². The van der Waals surface area contributed by atoms with E-state index in [0.29, 0.717) is 4.43 Å². The minimum absolute atomic E-state index is 0.388. The van der Waals surface area contributed by atoms with Crippen molar-refractivity contribution in [2.75, 3.05) is 4.43 Å². The van der Waals surface area contributed by atoms with Crippen LogP contribution in [0.15, 0.2) is 0 Å². The summed E-state index contributed by atoms with van der Waals surface area (Å²) in [6.45, 7) is 1.90. The fourth-order valence-electron chi connectivity index (χ4n) is 0.308. The summed E-state index contributed by atoms with van der Waals surface area (Å²) in [5, 5.41) is 0. The van der Waals surface area contributed by atoms with Gasteiger partial charge in [0.1, 0.15) is 0 Å². The summed E-state index contributed by atoms with van der Waals surface area (Å²) < 4.78 is 30.8. The summed E-state index contributed by atoms with van der Waals surface area (Å²) in [7, 11) is 0. The second kappa shape index (κ2) is 4.35. The van der Waals surface area contributed by atoms with Gasteiger partial charge in [-0.05, 0) is 0 Å². The van der Waals surface area contributed by atoms with Crippen molar-refractivity contribution in [3.8, 4) is 0 Å². The molecule has 0 heterocycles. The second-order valence-electron chi connectivity index (χ2n) is 1.60. The number of unbranched alkanes of at least 4 members (excludes halogenated alkanes) is 1. The molecule has 0 aromatic carbocycles. The van der Waals surface area contributed by atoms with E-state index >= 15 is 0 Å². The standard InChI is InChI=1S/C5H9F3I/c1-2-3-4-9-5(6,7)8/h2-4H2,1H3/q-1. The van der Waals surface area contributed by atoms with E-state index in [1.165, 1.54) is 0 Å². The van der Waals surface area contributed by atoms with Crippen LogP contribution in [0.25, 0.3) is 0 Å². The minimum atomic E-state index is -3.84. The Morgan fingerprint density at radius 3 is 2.22 bits per heavy atom. The summed E-state index contributed by atoms with van der Waals surface area (Å²) in [6, 6.07) is 0. The summed E-state index contributed by atoms with van der Waals surface area (Å²) in [4.78, 5) is 0. The molecule has 4 heteroatoms. The van der Waals surface area contributed by atoms with E-state index in [2.05, 4.69) is 0 Å². The number of alkyl halides is 5. The average molecular weight is 253 g/mol. The molecular weight excluding hydrogens is 244 g/mol. The monoisotopic (exact) mass is 253 g/mol. The maximum absolute atomic E-state index is 11.4. The first kappa shape index (κ1) is 9.52. The molecule has 0 spiro atoms. The van der Waals surface area contributed by atoms with Crippen molar-refractivity contribution in [1.82, 2.24) is 0 Å². The van der Waals surface area contributed by atoms with E-state index < -0.39 is 25.4 Å². The second-order valence-corrected chi connectivity index (χ2v) is 4.67. The molecule has 0 atom stereocenters. The Kier molecular flexibility index (Phi) is 4.61. The maximum atomic E-state index is 11.4. The molecule has 0 radical (unpaired) electrons. The Labute approximate surface area is 63.1 Å². The molecule has 0 saturated carbocycles. The molecule has 0 fully saturated rings. The van der Waals surface area contributed by atoms with E-state index in [0.717, 1.165) is 12.8 Å².